The van der Waals surface area contributed by atoms with Crippen LogP contribution in [0.25, 0.3) is 0 Å². The Morgan fingerprint density at radius 3 is 1.57 bits per heavy atom. The van der Waals surface area contributed by atoms with Gasteiger partial charge in [-0.2, -0.15) is 5.53 Å². The second kappa shape index (κ2) is 18.1. The quantitative estimate of drug-likeness (QED) is 0.0922. The third-order valence-corrected chi connectivity index (χ3v) is 0.880. The first-order valence-electron chi connectivity index (χ1n) is 4.09. The Morgan fingerprint density at radius 2 is 1.09 bits per heavy atom. The van der Waals surface area contributed by atoms with Gasteiger partial charge in [-0.05, 0) is 66.3 Å². The Hall–Kier alpha value is -1.90. The lowest BCUT2D eigenvalue weighted by molar-refractivity contribution is -0.795. The second-order valence-electron chi connectivity index (χ2n) is 1.76. The molecule has 1 N–H and O–H groups in total. The van der Waals surface area contributed by atoms with Crippen molar-refractivity contribution in [2.45, 2.75) is 0 Å². The van der Waals surface area contributed by atoms with E-state index in [2.05, 4.69) is 122 Å². The van der Waals surface area contributed by atoms with Crippen molar-refractivity contribution in [3.8, 4) is 0 Å². The van der Waals surface area contributed by atoms with E-state index in [1.54, 1.807) is 0 Å². The summed E-state index contributed by atoms with van der Waals surface area (Å²) in [5, 5.41) is 47.7. The zero-order valence-corrected chi connectivity index (χ0v) is 11.7. The average molecular weight is 381 g/mol. The minimum absolute atomic E-state index is 0.0986. The highest BCUT2D eigenvalue weighted by molar-refractivity contribution is 7.75. The van der Waals surface area contributed by atoms with E-state index in [0.717, 1.165) is 0 Å². The van der Waals surface area contributed by atoms with Crippen molar-refractivity contribution >= 4 is 25.8 Å². The third kappa shape index (κ3) is 16.3. The molecular weight excluding hydrogens is 378 g/mol. The van der Waals surface area contributed by atoms with Crippen LogP contribution in [0.2, 0.25) is 0 Å². The Labute approximate surface area is 133 Å². The molecule has 130 valence electrons. The van der Waals surface area contributed by atoms with Gasteiger partial charge in [-0.25, -0.2) is 0 Å². The molecule has 0 aromatic heterocycles. The third-order valence-electron chi connectivity index (χ3n) is 0.758. The van der Waals surface area contributed by atoms with Crippen LogP contribution in [0.4, 0.5) is 0 Å². The molecule has 0 aliphatic carbocycles. The number of rotatable bonds is 15. The Balaban J connectivity index is 4.16. The summed E-state index contributed by atoms with van der Waals surface area (Å²) < 4.78 is 7.30. The maximum absolute atomic E-state index is 6.22. The highest BCUT2D eigenvalue weighted by atomic mass is 32.1. The van der Waals surface area contributed by atoms with E-state index in [-0.39, 0.29) is 5.34 Å². The van der Waals surface area contributed by atoms with E-state index >= 15 is 0 Å². The van der Waals surface area contributed by atoms with Gasteiger partial charge in [0.2, 0.25) is 0 Å². The minimum Gasteiger partial charge on any atom is -0.183 e. The zero-order valence-electron chi connectivity index (χ0n) is 9.95. The molecule has 0 radical (unpaired) electrons. The molecule has 0 spiro atoms. The standard InChI is InChI=1S/H3N11O10S2/c1-2-3-4-5-6-7-8-9-10-11(12-14-16-18-20-22)13-15-17-19-21-23/h1,22-23H/b2-1?,4-3+,6-5+,8-7+,10-9+. The number of hydrogen-bond acceptors (Lipinski definition) is 14. The van der Waals surface area contributed by atoms with Crippen LogP contribution in [0.15, 0.2) is 47.0 Å². The van der Waals surface area contributed by atoms with Crippen LogP contribution in [-0.2, 0) is 48.9 Å². The Bertz CT molecular complexity index is 373. The maximum Gasteiger partial charge on any atom is 0.0559 e. The summed E-state index contributed by atoms with van der Waals surface area (Å²) in [4.78, 5) is 8.06. The number of nitrogens with one attached hydrogen (secondary N) is 1. The van der Waals surface area contributed by atoms with Crippen LogP contribution in [-0.4, -0.2) is 5.34 Å². The summed E-state index contributed by atoms with van der Waals surface area (Å²) in [7, 11) is 0. The van der Waals surface area contributed by atoms with Gasteiger partial charge in [0.25, 0.3) is 0 Å². The summed E-state index contributed by atoms with van der Waals surface area (Å²) in [5.41, 5.74) is 6.22. The average Bonchev–Trinajstić information content (AvgIpc) is 2.57. The van der Waals surface area contributed by atoms with Gasteiger partial charge in [-0.15, -0.1) is 8.67 Å². The molecular formula is H3N11O10S2. The number of nitrogens with zero attached hydrogens (tertiary/aromatic N) is 10. The molecule has 0 saturated carbocycles. The summed E-state index contributed by atoms with van der Waals surface area (Å²) in [6.45, 7) is 0. The number of hydrogen-bond donors (Lipinski definition) is 3. The summed E-state index contributed by atoms with van der Waals surface area (Å²) in [6, 6.07) is 0. The van der Waals surface area contributed by atoms with Crippen LogP contribution < -0.4 is 0 Å². The Kier molecular flexibility index (Phi) is 16.7. The van der Waals surface area contributed by atoms with Crippen molar-refractivity contribution in [3.63, 3.8) is 0 Å². The molecule has 0 saturated heterocycles. The highest BCUT2D eigenvalue weighted by Gasteiger charge is 2.09. The van der Waals surface area contributed by atoms with E-state index in [0.29, 0.717) is 0 Å². The van der Waals surface area contributed by atoms with Gasteiger partial charge in [-0.3, -0.25) is 0 Å². The first-order valence-corrected chi connectivity index (χ1v) is 4.82. The van der Waals surface area contributed by atoms with E-state index in [1.807, 2.05) is 0 Å². The predicted molar refractivity (Wildman–Crippen MR) is 55.2 cm³/mol. The predicted octanol–water partition coefficient (Wildman–Crippen LogP) is 1.71. The molecule has 23 heavy (non-hydrogen) atoms. The van der Waals surface area contributed by atoms with Crippen molar-refractivity contribution < 1.29 is 48.9 Å². The molecule has 0 bridgehead atoms. The van der Waals surface area contributed by atoms with E-state index < -0.39 is 0 Å². The van der Waals surface area contributed by atoms with Gasteiger partial charge < -0.3 is 0 Å². The van der Waals surface area contributed by atoms with E-state index in [9.17, 15) is 0 Å². The summed E-state index contributed by atoms with van der Waals surface area (Å²) in [5.74, 6) is 0. The second-order valence-corrected chi connectivity index (χ2v) is 2.06. The van der Waals surface area contributed by atoms with Crippen LogP contribution >= 0.6 is 25.8 Å². The lowest BCUT2D eigenvalue weighted by Gasteiger charge is -2.07. The Morgan fingerprint density at radius 1 is 0.609 bits per heavy atom. The van der Waals surface area contributed by atoms with Gasteiger partial charge >= 0.3 is 0 Å². The van der Waals surface area contributed by atoms with Crippen LogP contribution in [0, 0.1) is 5.53 Å². The largest absolute Gasteiger partial charge is 0.183 e. The van der Waals surface area contributed by atoms with Gasteiger partial charge in [0, 0.05) is 46.7 Å². The topological polar surface area (TPSA) is 231 Å². The van der Waals surface area contributed by atoms with Crippen molar-refractivity contribution in [2.24, 2.45) is 47.0 Å². The first kappa shape index (κ1) is 21.1. The summed E-state index contributed by atoms with van der Waals surface area (Å²) >= 11 is 6.21. The van der Waals surface area contributed by atoms with Crippen LogP contribution in [0.3, 0.4) is 0 Å². The molecule has 0 rings (SSSR count). The fraction of sp³-hybridized carbons (Fsp3) is 0. The highest BCUT2D eigenvalue weighted by Crippen LogP contribution is 2.00. The van der Waals surface area contributed by atoms with Crippen molar-refractivity contribution in [1.29, 1.82) is 5.53 Å². The fourth-order valence-electron chi connectivity index (χ4n) is 0.327. The normalized spacial score (nSPS) is 12.3. The van der Waals surface area contributed by atoms with E-state index in [1.165, 1.54) is 0 Å². The summed E-state index contributed by atoms with van der Waals surface area (Å²) in [6.07, 6.45) is 0. The van der Waals surface area contributed by atoms with Crippen molar-refractivity contribution in [2.75, 3.05) is 0 Å². The SMILES string of the molecule is N=N/N=N/N=N/N=N/N=N/N(OOOOOS)OOOOOS. The molecule has 0 aliphatic rings. The van der Waals surface area contributed by atoms with Crippen molar-refractivity contribution in [3.05, 3.63) is 0 Å². The molecule has 0 aromatic carbocycles. The van der Waals surface area contributed by atoms with Crippen LogP contribution in [0.1, 0.15) is 0 Å². The van der Waals surface area contributed by atoms with Gasteiger partial charge in [0.15, 0.2) is 0 Å². The minimum atomic E-state index is -0.0986. The van der Waals surface area contributed by atoms with Crippen molar-refractivity contribution in [1.82, 2.24) is 5.34 Å². The molecule has 0 unspecified atom stereocenters. The van der Waals surface area contributed by atoms with Gasteiger partial charge in [-0.1, -0.05) is 0 Å². The molecule has 23 heteroatoms. The maximum atomic E-state index is 6.22. The molecule has 0 aromatic rings. The van der Waals surface area contributed by atoms with E-state index in [4.69, 9.17) is 5.53 Å². The van der Waals surface area contributed by atoms with Gasteiger partial charge in [0.1, 0.15) is 0 Å². The van der Waals surface area contributed by atoms with Gasteiger partial charge in [0.05, 0.1) is 5.34 Å². The monoisotopic (exact) mass is 381 g/mol. The first-order chi connectivity index (χ1) is 11.3. The molecule has 0 heterocycles. The zero-order chi connectivity index (χ0) is 17.0. The lowest BCUT2D eigenvalue weighted by Crippen LogP contribution is -2.19. The molecule has 0 fully saturated rings. The lowest BCUT2D eigenvalue weighted by atomic mass is 12.3. The molecule has 0 atom stereocenters. The molecule has 0 amide bonds. The van der Waals surface area contributed by atoms with Crippen LogP contribution in [0.5, 0.6) is 0 Å². The number of thiol groups is 2. The smallest absolute Gasteiger partial charge is 0.0559 e. The molecule has 0 aliphatic heterocycles. The molecule has 21 nitrogen and oxygen atoms in total. The fourth-order valence-corrected chi connectivity index (χ4v) is 0.376.